The number of ether oxygens (including phenoxy) is 2. The fourth-order valence-electron chi connectivity index (χ4n) is 9.07. The molecule has 1 saturated carbocycles. The van der Waals surface area contributed by atoms with Gasteiger partial charge in [0.15, 0.2) is 17.3 Å². The normalized spacial score (nSPS) is 25.7. The van der Waals surface area contributed by atoms with Gasteiger partial charge in [0.25, 0.3) is 0 Å². The van der Waals surface area contributed by atoms with Gasteiger partial charge in [0.05, 0.1) is 6.04 Å². The number of phenolic OH excluding ortho intramolecular Hbond substituents is 1. The number of hydrogen-bond acceptors (Lipinski definition) is 7. The van der Waals surface area contributed by atoms with Gasteiger partial charge in [0, 0.05) is 67.1 Å². The minimum atomic E-state index is -0.462. The van der Waals surface area contributed by atoms with E-state index in [9.17, 15) is 19.5 Å². The monoisotopic (exact) mass is 628 g/mol. The predicted octanol–water partition coefficient (Wildman–Crippen LogP) is 6.37. The summed E-state index contributed by atoms with van der Waals surface area (Å²) >= 11 is 0. The number of amides is 1. The van der Waals surface area contributed by atoms with E-state index in [0.29, 0.717) is 55.9 Å². The zero-order chi connectivity index (χ0) is 32.4. The number of carbonyl (C=O) groups is 3. The number of unbranched alkanes of at least 4 members (excludes halogenated alkanes) is 3. The summed E-state index contributed by atoms with van der Waals surface area (Å²) in [7, 11) is 0. The molecule has 8 heteroatoms. The van der Waals surface area contributed by atoms with Crippen molar-refractivity contribution in [3.05, 3.63) is 65.7 Å². The Hall–Kier alpha value is -3.65. The first kappa shape index (κ1) is 32.3. The maximum atomic E-state index is 14.1. The molecule has 1 N–H and O–H groups in total. The van der Waals surface area contributed by atoms with Crippen LogP contribution < -0.4 is 9.47 Å². The fourth-order valence-corrected chi connectivity index (χ4v) is 9.07. The number of phenols is 1. The summed E-state index contributed by atoms with van der Waals surface area (Å²) in [5.74, 6) is 1.04. The molecule has 246 valence electrons. The molecular formula is C38H48N2O6. The summed E-state index contributed by atoms with van der Waals surface area (Å²) in [5.41, 5.74) is 2.22. The van der Waals surface area contributed by atoms with Gasteiger partial charge in [0.1, 0.15) is 11.9 Å². The highest BCUT2D eigenvalue weighted by Crippen LogP contribution is 2.65. The highest BCUT2D eigenvalue weighted by atomic mass is 16.6. The maximum Gasteiger partial charge on any atom is 0.308 e. The molecule has 1 spiro atoms. The predicted molar refractivity (Wildman–Crippen MR) is 176 cm³/mol. The summed E-state index contributed by atoms with van der Waals surface area (Å²) in [5, 5.41) is 11.3. The van der Waals surface area contributed by atoms with Crippen LogP contribution in [0.25, 0.3) is 0 Å². The number of likely N-dealkylation sites (tertiary alicyclic amines) is 1. The van der Waals surface area contributed by atoms with Crippen molar-refractivity contribution in [3.8, 4) is 17.2 Å². The van der Waals surface area contributed by atoms with Gasteiger partial charge in [0.2, 0.25) is 5.91 Å². The second-order valence-electron chi connectivity index (χ2n) is 13.6. The first-order chi connectivity index (χ1) is 22.3. The Morgan fingerprint density at radius 1 is 1.13 bits per heavy atom. The van der Waals surface area contributed by atoms with E-state index in [1.807, 2.05) is 36.4 Å². The number of aromatic hydroxyl groups is 1. The molecule has 2 fully saturated rings. The highest BCUT2D eigenvalue weighted by molar-refractivity contribution is 5.96. The molecule has 1 saturated heterocycles. The van der Waals surface area contributed by atoms with Crippen molar-refractivity contribution in [1.82, 2.24) is 9.80 Å². The second kappa shape index (κ2) is 13.6. The Morgan fingerprint density at radius 3 is 2.65 bits per heavy atom. The van der Waals surface area contributed by atoms with Gasteiger partial charge in [-0.1, -0.05) is 56.2 Å². The summed E-state index contributed by atoms with van der Waals surface area (Å²) in [6, 6.07) is 11.0. The van der Waals surface area contributed by atoms with Crippen LogP contribution in [0.15, 0.2) is 49.1 Å². The van der Waals surface area contributed by atoms with E-state index in [0.717, 1.165) is 62.7 Å². The van der Waals surface area contributed by atoms with Crippen LogP contribution in [0.5, 0.6) is 17.2 Å². The lowest BCUT2D eigenvalue weighted by Crippen LogP contribution is -2.69. The molecule has 0 unspecified atom stereocenters. The maximum absolute atomic E-state index is 14.1. The van der Waals surface area contributed by atoms with E-state index in [4.69, 9.17) is 9.47 Å². The minimum absolute atomic E-state index is 0.111. The van der Waals surface area contributed by atoms with Crippen LogP contribution in [0.2, 0.25) is 0 Å². The Morgan fingerprint density at radius 2 is 1.91 bits per heavy atom. The Balaban J connectivity index is 1.29. The van der Waals surface area contributed by atoms with E-state index in [-0.39, 0.29) is 46.8 Å². The lowest BCUT2D eigenvalue weighted by Gasteiger charge is -2.60. The van der Waals surface area contributed by atoms with E-state index >= 15 is 0 Å². The molecule has 2 aliphatic carbocycles. The van der Waals surface area contributed by atoms with E-state index in [2.05, 4.69) is 23.3 Å². The average Bonchev–Trinajstić information content (AvgIpc) is 3.39. The van der Waals surface area contributed by atoms with E-state index in [1.54, 1.807) is 0 Å². The van der Waals surface area contributed by atoms with Crippen LogP contribution in [0.3, 0.4) is 0 Å². The van der Waals surface area contributed by atoms with Crippen molar-refractivity contribution in [2.24, 2.45) is 5.92 Å². The van der Waals surface area contributed by atoms with Crippen LogP contribution in [-0.4, -0.2) is 70.4 Å². The number of benzene rings is 2. The number of esters is 1. The molecule has 6 rings (SSSR count). The van der Waals surface area contributed by atoms with Crippen molar-refractivity contribution in [2.45, 2.75) is 108 Å². The molecule has 8 nitrogen and oxygen atoms in total. The number of ketones is 1. The van der Waals surface area contributed by atoms with Gasteiger partial charge in [-0.15, -0.1) is 6.58 Å². The molecule has 4 aliphatic rings. The highest BCUT2D eigenvalue weighted by Gasteiger charge is 2.67. The minimum Gasteiger partial charge on any atom is -0.508 e. The van der Waals surface area contributed by atoms with Gasteiger partial charge in [-0.25, -0.2) is 0 Å². The molecule has 2 aliphatic heterocycles. The lowest BCUT2D eigenvalue weighted by atomic mass is 9.50. The van der Waals surface area contributed by atoms with Gasteiger partial charge < -0.3 is 19.5 Å². The quantitative estimate of drug-likeness (QED) is 0.0854. The SMILES string of the molecule is C=CCN1CC[C@]23c4c5c(O)cc(OC(C)=O)c4O[C@H]2[C@H](N(CCCCC)C(=O)CCCCC(=O)c2ccccc2)CC[C@H]3[C@H]1C5. The standard InChI is InChI=1S/C38H48N2O6/c1-4-6-12-21-40(34(44)16-11-10-15-31(42)26-13-8-7-9-14-26)29-18-17-28-30-23-27-32(43)24-33(45-25(3)41)36-35(27)38(28,37(29)46-36)19-22-39(30)20-5-2/h5,7-9,13-14,24,28-30,37,43H,2,4,6,10-12,15-23H2,1,3H3/t28-,29+,30+,37-,38-/m0/s1. The first-order valence-electron chi connectivity index (χ1n) is 17.3. The zero-order valence-corrected chi connectivity index (χ0v) is 27.3. The second-order valence-corrected chi connectivity index (χ2v) is 13.6. The molecule has 2 heterocycles. The molecular weight excluding hydrogens is 580 g/mol. The summed E-state index contributed by atoms with van der Waals surface area (Å²) in [6.07, 6.45) is 10.1. The molecule has 2 aromatic rings. The van der Waals surface area contributed by atoms with Gasteiger partial charge in [-0.3, -0.25) is 19.3 Å². The Kier molecular flexibility index (Phi) is 9.55. The number of carbonyl (C=O) groups excluding carboxylic acids is 3. The first-order valence-corrected chi connectivity index (χ1v) is 17.3. The average molecular weight is 629 g/mol. The van der Waals surface area contributed by atoms with Crippen LogP contribution in [0.1, 0.15) is 99.5 Å². The summed E-state index contributed by atoms with van der Waals surface area (Å²) < 4.78 is 12.6. The number of nitrogens with zero attached hydrogens (tertiary/aromatic N) is 2. The smallest absolute Gasteiger partial charge is 0.308 e. The van der Waals surface area contributed by atoms with Crippen molar-refractivity contribution >= 4 is 17.7 Å². The van der Waals surface area contributed by atoms with Gasteiger partial charge in [-0.2, -0.15) is 0 Å². The Bertz CT molecular complexity index is 1470. The molecule has 0 aromatic heterocycles. The molecule has 1 amide bonds. The van der Waals surface area contributed by atoms with Crippen LogP contribution in [-0.2, 0) is 21.4 Å². The summed E-state index contributed by atoms with van der Waals surface area (Å²) in [4.78, 5) is 43.5. The Labute approximate surface area is 272 Å². The van der Waals surface area contributed by atoms with Crippen molar-refractivity contribution < 1.29 is 29.0 Å². The largest absolute Gasteiger partial charge is 0.508 e. The molecule has 2 aromatic carbocycles. The van der Waals surface area contributed by atoms with Gasteiger partial charge in [-0.05, 0) is 57.4 Å². The lowest BCUT2D eigenvalue weighted by molar-refractivity contribution is -0.142. The van der Waals surface area contributed by atoms with Crippen molar-refractivity contribution in [3.63, 3.8) is 0 Å². The van der Waals surface area contributed by atoms with Gasteiger partial charge >= 0.3 is 5.97 Å². The fraction of sp³-hybridized carbons (Fsp3) is 0.553. The van der Waals surface area contributed by atoms with E-state index < -0.39 is 5.97 Å². The third kappa shape index (κ3) is 5.74. The topological polar surface area (TPSA) is 96.4 Å². The number of hydrogen-bond donors (Lipinski definition) is 1. The van der Waals surface area contributed by atoms with E-state index in [1.165, 1.54) is 13.0 Å². The molecule has 0 radical (unpaired) electrons. The molecule has 46 heavy (non-hydrogen) atoms. The zero-order valence-electron chi connectivity index (χ0n) is 27.3. The molecule has 2 bridgehead atoms. The van der Waals surface area contributed by atoms with Crippen molar-refractivity contribution in [2.75, 3.05) is 19.6 Å². The van der Waals surface area contributed by atoms with Crippen LogP contribution in [0.4, 0.5) is 0 Å². The number of rotatable bonds is 14. The van der Waals surface area contributed by atoms with Crippen LogP contribution >= 0.6 is 0 Å². The number of Topliss-reactive ketones (excluding diaryl/α,β-unsaturated/α-hetero) is 1. The number of piperidine rings is 1. The third-order valence-corrected chi connectivity index (χ3v) is 11.0. The van der Waals surface area contributed by atoms with Crippen molar-refractivity contribution in [1.29, 1.82) is 0 Å². The molecule has 5 atom stereocenters. The van der Waals surface area contributed by atoms with Crippen LogP contribution in [0, 0.1) is 5.92 Å². The summed E-state index contributed by atoms with van der Waals surface area (Å²) in [6.45, 7) is 9.86. The third-order valence-electron chi connectivity index (χ3n) is 11.0.